The first-order valence-corrected chi connectivity index (χ1v) is 14.4. The minimum atomic E-state index is -0.694. The van der Waals surface area contributed by atoms with Crippen molar-refractivity contribution in [1.82, 2.24) is 10.2 Å². The SMILES string of the molecule is CCOC(=O)C1=C(C)N[C@@H]2S/C(=C\c3ccc(OC)c4ccccc34)C(=O)N2[C@@H]1c1ccc(OC(C)C)c(OC)c1. The number of hydrogen-bond donors (Lipinski definition) is 1. The van der Waals surface area contributed by atoms with Crippen LogP contribution in [-0.2, 0) is 14.3 Å². The molecule has 1 N–H and O–H groups in total. The number of rotatable bonds is 8. The molecule has 0 spiro atoms. The van der Waals surface area contributed by atoms with Crippen molar-refractivity contribution in [2.45, 2.75) is 45.3 Å². The number of esters is 1. The third kappa shape index (κ3) is 5.34. The van der Waals surface area contributed by atoms with E-state index in [4.69, 9.17) is 18.9 Å². The molecule has 0 aromatic heterocycles. The van der Waals surface area contributed by atoms with Gasteiger partial charge in [-0.1, -0.05) is 48.2 Å². The fraction of sp³-hybridized carbons (Fsp3) is 0.312. The fourth-order valence-corrected chi connectivity index (χ4v) is 6.47. The first kappa shape index (κ1) is 28.4. The highest BCUT2D eigenvalue weighted by atomic mass is 32.2. The summed E-state index contributed by atoms with van der Waals surface area (Å²) in [7, 11) is 3.22. The molecule has 9 heteroatoms. The lowest BCUT2D eigenvalue weighted by Crippen LogP contribution is -2.50. The third-order valence-corrected chi connectivity index (χ3v) is 8.13. The lowest BCUT2D eigenvalue weighted by Gasteiger charge is -2.39. The molecule has 1 fully saturated rings. The van der Waals surface area contributed by atoms with E-state index in [1.165, 1.54) is 11.8 Å². The van der Waals surface area contributed by atoms with Crippen LogP contribution < -0.4 is 19.5 Å². The van der Waals surface area contributed by atoms with Gasteiger partial charge < -0.3 is 24.3 Å². The Morgan fingerprint density at radius 3 is 2.41 bits per heavy atom. The summed E-state index contributed by atoms with van der Waals surface area (Å²) >= 11 is 1.42. The van der Waals surface area contributed by atoms with E-state index in [2.05, 4.69) is 5.32 Å². The van der Waals surface area contributed by atoms with Gasteiger partial charge in [0.2, 0.25) is 0 Å². The number of allylic oxidation sites excluding steroid dienone is 1. The smallest absolute Gasteiger partial charge is 0.338 e. The van der Waals surface area contributed by atoms with Crippen molar-refractivity contribution in [2.24, 2.45) is 0 Å². The van der Waals surface area contributed by atoms with Crippen LogP contribution in [0.3, 0.4) is 0 Å². The number of methoxy groups -OCH3 is 2. The Balaban J connectivity index is 1.60. The minimum Gasteiger partial charge on any atom is -0.496 e. The molecule has 5 rings (SSSR count). The quantitative estimate of drug-likeness (QED) is 0.258. The van der Waals surface area contributed by atoms with Gasteiger partial charge in [0.05, 0.1) is 43.5 Å². The van der Waals surface area contributed by atoms with Gasteiger partial charge >= 0.3 is 5.97 Å². The highest BCUT2D eigenvalue weighted by Gasteiger charge is 2.48. The van der Waals surface area contributed by atoms with Crippen LogP contribution in [0.25, 0.3) is 16.8 Å². The lowest BCUT2D eigenvalue weighted by molar-refractivity contribution is -0.140. The molecular weight excluding hydrogens is 540 g/mol. The van der Waals surface area contributed by atoms with Crippen molar-refractivity contribution in [1.29, 1.82) is 0 Å². The van der Waals surface area contributed by atoms with Crippen LogP contribution in [0.4, 0.5) is 0 Å². The second kappa shape index (κ2) is 11.8. The van der Waals surface area contributed by atoms with Gasteiger partial charge in [-0.15, -0.1) is 0 Å². The van der Waals surface area contributed by atoms with Crippen LogP contribution in [0.5, 0.6) is 17.2 Å². The van der Waals surface area contributed by atoms with Gasteiger partial charge in [-0.3, -0.25) is 9.69 Å². The van der Waals surface area contributed by atoms with Crippen LogP contribution in [-0.4, -0.2) is 49.2 Å². The van der Waals surface area contributed by atoms with E-state index < -0.39 is 17.5 Å². The van der Waals surface area contributed by atoms with Gasteiger partial charge in [0.25, 0.3) is 5.91 Å². The summed E-state index contributed by atoms with van der Waals surface area (Å²) in [5.74, 6) is 1.22. The summed E-state index contributed by atoms with van der Waals surface area (Å²) in [4.78, 5) is 29.7. The Hall–Kier alpha value is -4.11. The van der Waals surface area contributed by atoms with E-state index in [-0.39, 0.29) is 18.6 Å². The van der Waals surface area contributed by atoms with E-state index >= 15 is 0 Å². The molecule has 8 nitrogen and oxygen atoms in total. The normalized spacial score (nSPS) is 19.4. The van der Waals surface area contributed by atoms with Crippen molar-refractivity contribution in [3.63, 3.8) is 0 Å². The van der Waals surface area contributed by atoms with Gasteiger partial charge in [-0.2, -0.15) is 0 Å². The Bertz CT molecular complexity index is 1560. The fourth-order valence-electron chi connectivity index (χ4n) is 5.26. The summed E-state index contributed by atoms with van der Waals surface area (Å²) in [6.07, 6.45) is 1.86. The standard InChI is InChI=1S/C32H34N2O6S/c1-7-39-31(36)28-19(4)33-32-34(29(28)21-13-15-25(40-18(2)3)26(16-21)38-6)30(35)27(41-32)17-20-12-14-24(37-5)23-11-9-8-10-22(20)23/h8-18,29,32-33H,7H2,1-6H3/b27-17-/t29-,32+/m1/s1. The van der Waals surface area contributed by atoms with Crippen molar-refractivity contribution < 1.29 is 28.5 Å². The van der Waals surface area contributed by atoms with Gasteiger partial charge in [0.1, 0.15) is 5.75 Å². The molecule has 41 heavy (non-hydrogen) atoms. The molecule has 1 amide bonds. The third-order valence-electron chi connectivity index (χ3n) is 7.02. The van der Waals surface area contributed by atoms with E-state index in [1.54, 1.807) is 26.0 Å². The van der Waals surface area contributed by atoms with Gasteiger partial charge in [0, 0.05) is 11.1 Å². The maximum absolute atomic E-state index is 14.1. The number of benzene rings is 3. The number of nitrogens with one attached hydrogen (secondary N) is 1. The number of thioether (sulfide) groups is 1. The molecule has 0 unspecified atom stereocenters. The summed E-state index contributed by atoms with van der Waals surface area (Å²) in [6, 6.07) is 16.6. The zero-order valence-electron chi connectivity index (χ0n) is 24.0. The number of fused-ring (bicyclic) bond motifs is 2. The maximum atomic E-state index is 14.1. The Kier molecular flexibility index (Phi) is 8.17. The molecule has 214 valence electrons. The first-order valence-electron chi connectivity index (χ1n) is 13.5. The largest absolute Gasteiger partial charge is 0.496 e. The predicted molar refractivity (Wildman–Crippen MR) is 161 cm³/mol. The van der Waals surface area contributed by atoms with Crippen molar-refractivity contribution in [3.8, 4) is 17.2 Å². The number of amides is 1. The number of nitrogens with zero attached hydrogens (tertiary/aromatic N) is 1. The van der Waals surface area contributed by atoms with Gasteiger partial charge in [-0.05, 0) is 68.5 Å². The molecule has 0 bridgehead atoms. The summed E-state index contributed by atoms with van der Waals surface area (Å²) < 4.78 is 22.6. The Labute approximate surface area is 244 Å². The van der Waals surface area contributed by atoms with Crippen LogP contribution in [0.1, 0.15) is 44.9 Å². The zero-order chi connectivity index (χ0) is 29.3. The van der Waals surface area contributed by atoms with Gasteiger partial charge in [0.15, 0.2) is 17.0 Å². The zero-order valence-corrected chi connectivity index (χ0v) is 24.8. The molecule has 3 aromatic carbocycles. The molecule has 2 atom stereocenters. The monoisotopic (exact) mass is 574 g/mol. The van der Waals surface area contributed by atoms with Crippen LogP contribution in [0.15, 0.2) is 70.8 Å². The van der Waals surface area contributed by atoms with E-state index in [0.717, 1.165) is 27.6 Å². The molecule has 2 aliphatic heterocycles. The Morgan fingerprint density at radius 1 is 1.02 bits per heavy atom. The first-order chi connectivity index (χ1) is 19.8. The van der Waals surface area contributed by atoms with Crippen LogP contribution >= 0.6 is 11.8 Å². The number of carbonyl (C=O) groups excluding carboxylic acids is 2. The molecule has 1 saturated heterocycles. The Morgan fingerprint density at radius 2 is 1.73 bits per heavy atom. The van der Waals surface area contributed by atoms with Gasteiger partial charge in [-0.25, -0.2) is 4.79 Å². The molecular formula is C32H34N2O6S. The summed E-state index contributed by atoms with van der Waals surface area (Å²) in [5.41, 5.74) is 2.25. The highest BCUT2D eigenvalue weighted by Crippen LogP contribution is 2.48. The molecule has 0 aliphatic carbocycles. The average molecular weight is 575 g/mol. The van der Waals surface area contributed by atoms with Crippen LogP contribution in [0.2, 0.25) is 0 Å². The van der Waals surface area contributed by atoms with Crippen molar-refractivity contribution >= 4 is 40.5 Å². The maximum Gasteiger partial charge on any atom is 0.338 e. The number of hydrogen-bond acceptors (Lipinski definition) is 8. The lowest BCUT2D eigenvalue weighted by atomic mass is 9.93. The van der Waals surface area contributed by atoms with Crippen LogP contribution in [0, 0.1) is 0 Å². The molecule has 3 aromatic rings. The van der Waals surface area contributed by atoms with E-state index in [0.29, 0.717) is 27.7 Å². The second-order valence-electron chi connectivity index (χ2n) is 9.98. The highest BCUT2D eigenvalue weighted by molar-refractivity contribution is 8.05. The second-order valence-corrected chi connectivity index (χ2v) is 11.1. The summed E-state index contributed by atoms with van der Waals surface area (Å²) in [5, 5.41) is 5.31. The predicted octanol–water partition coefficient (Wildman–Crippen LogP) is 6.03. The molecule has 2 aliphatic rings. The van der Waals surface area contributed by atoms with Crippen molar-refractivity contribution in [2.75, 3.05) is 20.8 Å². The minimum absolute atomic E-state index is 0.0477. The molecule has 0 radical (unpaired) electrons. The molecule has 0 saturated carbocycles. The number of ether oxygens (including phenoxy) is 4. The topological polar surface area (TPSA) is 86.3 Å². The summed E-state index contributed by atoms with van der Waals surface area (Å²) in [6.45, 7) is 7.70. The molecule has 2 heterocycles. The number of carbonyl (C=O) groups is 2. The van der Waals surface area contributed by atoms with E-state index in [1.807, 2.05) is 81.4 Å². The average Bonchev–Trinajstić information content (AvgIpc) is 3.26. The van der Waals surface area contributed by atoms with E-state index in [9.17, 15) is 9.59 Å². The van der Waals surface area contributed by atoms with Crippen molar-refractivity contribution in [3.05, 3.63) is 81.9 Å².